The van der Waals surface area contributed by atoms with Crippen molar-refractivity contribution >= 4 is 35.0 Å². The number of urea groups is 2. The summed E-state index contributed by atoms with van der Waals surface area (Å²) in [5.41, 5.74) is 1.34. The molecule has 0 bridgehead atoms. The second-order valence-corrected chi connectivity index (χ2v) is 7.12. The number of hydrogen-bond acceptors (Lipinski definition) is 3. The standard InChI is InChI=1S/C22H29ClN4O3/c1-3-4-13-24-21(28)25-14-6-15-27(19-9-11-20(30-2)12-10-19)22(29)26-18-8-5-7-17(23)16-18/h5,7-12,16H,3-4,6,13-15H2,1-2H3,(H,26,29)(H2,24,25,28). The van der Waals surface area contributed by atoms with Crippen LogP contribution in [0, 0.1) is 0 Å². The Hall–Kier alpha value is -2.93. The zero-order chi connectivity index (χ0) is 21.8. The van der Waals surface area contributed by atoms with Crippen LogP contribution in [0.15, 0.2) is 48.5 Å². The first-order valence-electron chi connectivity index (χ1n) is 10.0. The number of methoxy groups -OCH3 is 1. The average molecular weight is 433 g/mol. The first-order valence-corrected chi connectivity index (χ1v) is 10.4. The van der Waals surface area contributed by atoms with Crippen LogP contribution in [0.2, 0.25) is 5.02 Å². The van der Waals surface area contributed by atoms with Crippen LogP contribution in [0.5, 0.6) is 5.75 Å². The van der Waals surface area contributed by atoms with Crippen molar-refractivity contribution in [2.45, 2.75) is 26.2 Å². The second-order valence-electron chi connectivity index (χ2n) is 6.68. The van der Waals surface area contributed by atoms with Gasteiger partial charge in [-0.2, -0.15) is 0 Å². The summed E-state index contributed by atoms with van der Waals surface area (Å²) >= 11 is 6.01. The van der Waals surface area contributed by atoms with E-state index in [1.807, 2.05) is 12.1 Å². The Balaban J connectivity index is 1.98. The molecule has 4 amide bonds. The van der Waals surface area contributed by atoms with E-state index >= 15 is 0 Å². The normalized spacial score (nSPS) is 10.2. The molecule has 8 heteroatoms. The van der Waals surface area contributed by atoms with Crippen LogP contribution in [0.3, 0.4) is 0 Å². The average Bonchev–Trinajstić information content (AvgIpc) is 2.74. The Morgan fingerprint density at radius 2 is 1.73 bits per heavy atom. The largest absolute Gasteiger partial charge is 0.497 e. The smallest absolute Gasteiger partial charge is 0.326 e. The maximum Gasteiger partial charge on any atom is 0.326 e. The molecule has 0 spiro atoms. The van der Waals surface area contributed by atoms with Crippen LogP contribution in [0.25, 0.3) is 0 Å². The maximum atomic E-state index is 12.9. The number of nitrogens with zero attached hydrogens (tertiary/aromatic N) is 1. The zero-order valence-corrected chi connectivity index (χ0v) is 18.2. The van der Waals surface area contributed by atoms with E-state index in [0.717, 1.165) is 18.5 Å². The maximum absolute atomic E-state index is 12.9. The fourth-order valence-electron chi connectivity index (χ4n) is 2.75. The number of anilines is 2. The van der Waals surface area contributed by atoms with Crippen LogP contribution >= 0.6 is 11.6 Å². The van der Waals surface area contributed by atoms with Gasteiger partial charge in [0, 0.05) is 36.0 Å². The highest BCUT2D eigenvalue weighted by atomic mass is 35.5. The molecule has 0 saturated heterocycles. The number of unbranched alkanes of at least 4 members (excludes halogenated alkanes) is 1. The molecule has 0 aliphatic heterocycles. The molecule has 3 N–H and O–H groups in total. The molecule has 0 radical (unpaired) electrons. The third kappa shape index (κ3) is 7.83. The van der Waals surface area contributed by atoms with Crippen molar-refractivity contribution in [1.29, 1.82) is 0 Å². The van der Waals surface area contributed by atoms with Gasteiger partial charge in [-0.1, -0.05) is 31.0 Å². The Morgan fingerprint density at radius 1 is 1.03 bits per heavy atom. The molecule has 0 heterocycles. The van der Waals surface area contributed by atoms with Gasteiger partial charge in [0.2, 0.25) is 0 Å². The van der Waals surface area contributed by atoms with Crippen molar-refractivity contribution in [3.05, 3.63) is 53.6 Å². The molecular formula is C22H29ClN4O3. The van der Waals surface area contributed by atoms with Gasteiger partial charge in [0.1, 0.15) is 5.75 Å². The number of ether oxygens (including phenoxy) is 1. The van der Waals surface area contributed by atoms with Crippen molar-refractivity contribution < 1.29 is 14.3 Å². The SMILES string of the molecule is CCCCNC(=O)NCCCN(C(=O)Nc1cccc(Cl)c1)c1ccc(OC)cc1. The molecule has 0 atom stereocenters. The summed E-state index contributed by atoms with van der Waals surface area (Å²) in [7, 11) is 1.59. The van der Waals surface area contributed by atoms with Gasteiger partial charge in [0.05, 0.1) is 7.11 Å². The molecule has 2 aromatic rings. The lowest BCUT2D eigenvalue weighted by molar-refractivity contribution is 0.240. The number of benzene rings is 2. The van der Waals surface area contributed by atoms with Crippen LogP contribution in [0.4, 0.5) is 21.0 Å². The minimum Gasteiger partial charge on any atom is -0.497 e. The van der Waals surface area contributed by atoms with E-state index in [0.29, 0.717) is 42.5 Å². The van der Waals surface area contributed by atoms with Crippen molar-refractivity contribution in [2.24, 2.45) is 0 Å². The minimum absolute atomic E-state index is 0.192. The lowest BCUT2D eigenvalue weighted by atomic mass is 10.2. The van der Waals surface area contributed by atoms with Crippen molar-refractivity contribution in [2.75, 3.05) is 37.0 Å². The van der Waals surface area contributed by atoms with E-state index in [1.54, 1.807) is 48.4 Å². The first-order chi connectivity index (χ1) is 14.5. The fraction of sp³-hybridized carbons (Fsp3) is 0.364. The summed E-state index contributed by atoms with van der Waals surface area (Å²) in [5.74, 6) is 0.708. The van der Waals surface area contributed by atoms with Gasteiger partial charge in [-0.25, -0.2) is 9.59 Å². The molecule has 0 saturated carbocycles. The molecule has 7 nitrogen and oxygen atoms in total. The monoisotopic (exact) mass is 432 g/mol. The Kier molecular flexibility index (Phi) is 9.80. The second kappa shape index (κ2) is 12.6. The van der Waals surface area contributed by atoms with E-state index in [1.165, 1.54) is 0 Å². The van der Waals surface area contributed by atoms with Crippen LogP contribution in [-0.2, 0) is 0 Å². The summed E-state index contributed by atoms with van der Waals surface area (Å²) in [6.45, 7) is 3.60. The number of nitrogens with one attached hydrogen (secondary N) is 3. The predicted molar refractivity (Wildman–Crippen MR) is 122 cm³/mol. The van der Waals surface area contributed by atoms with Crippen molar-refractivity contribution in [3.8, 4) is 5.75 Å². The van der Waals surface area contributed by atoms with Gasteiger partial charge in [-0.15, -0.1) is 0 Å². The van der Waals surface area contributed by atoms with E-state index in [2.05, 4.69) is 22.9 Å². The van der Waals surface area contributed by atoms with Gasteiger partial charge in [0.15, 0.2) is 0 Å². The third-order valence-electron chi connectivity index (χ3n) is 4.37. The number of carbonyl (C=O) groups is 2. The van der Waals surface area contributed by atoms with Crippen LogP contribution in [-0.4, -0.2) is 38.8 Å². The fourth-order valence-corrected chi connectivity index (χ4v) is 2.94. The van der Waals surface area contributed by atoms with Gasteiger partial charge in [-0.05, 0) is 55.3 Å². The molecule has 0 aliphatic carbocycles. The van der Waals surface area contributed by atoms with Gasteiger partial charge >= 0.3 is 12.1 Å². The lowest BCUT2D eigenvalue weighted by Crippen LogP contribution is -2.39. The first kappa shape index (κ1) is 23.3. The van der Waals surface area contributed by atoms with Gasteiger partial charge in [0.25, 0.3) is 0 Å². The molecule has 162 valence electrons. The van der Waals surface area contributed by atoms with Crippen molar-refractivity contribution in [3.63, 3.8) is 0 Å². The molecular weight excluding hydrogens is 404 g/mol. The Morgan fingerprint density at radius 3 is 2.37 bits per heavy atom. The quantitative estimate of drug-likeness (QED) is 0.468. The lowest BCUT2D eigenvalue weighted by Gasteiger charge is -2.24. The highest BCUT2D eigenvalue weighted by Crippen LogP contribution is 2.21. The van der Waals surface area contributed by atoms with Gasteiger partial charge in [-0.3, -0.25) is 4.90 Å². The topological polar surface area (TPSA) is 82.7 Å². The zero-order valence-electron chi connectivity index (χ0n) is 17.4. The van der Waals surface area contributed by atoms with E-state index in [9.17, 15) is 9.59 Å². The number of hydrogen-bond donors (Lipinski definition) is 3. The van der Waals surface area contributed by atoms with Crippen molar-refractivity contribution in [1.82, 2.24) is 10.6 Å². The predicted octanol–water partition coefficient (Wildman–Crippen LogP) is 4.88. The number of amides is 4. The number of rotatable bonds is 10. The molecule has 0 aliphatic rings. The summed E-state index contributed by atoms with van der Waals surface area (Å²) in [6, 6.07) is 13.8. The molecule has 2 rings (SSSR count). The Labute approximate surface area is 182 Å². The van der Waals surface area contributed by atoms with Crippen LogP contribution in [0.1, 0.15) is 26.2 Å². The Bertz CT molecular complexity index is 814. The summed E-state index contributed by atoms with van der Waals surface area (Å²) in [4.78, 5) is 26.3. The van der Waals surface area contributed by atoms with Crippen LogP contribution < -0.4 is 25.6 Å². The molecule has 0 unspecified atom stereocenters. The number of halogens is 1. The molecule has 0 fully saturated rings. The highest BCUT2D eigenvalue weighted by Gasteiger charge is 2.16. The molecule has 30 heavy (non-hydrogen) atoms. The molecule has 2 aromatic carbocycles. The number of carbonyl (C=O) groups excluding carboxylic acids is 2. The van der Waals surface area contributed by atoms with E-state index in [4.69, 9.17) is 16.3 Å². The summed E-state index contributed by atoms with van der Waals surface area (Å²) in [5, 5.41) is 9.03. The van der Waals surface area contributed by atoms with E-state index in [-0.39, 0.29) is 12.1 Å². The minimum atomic E-state index is -0.283. The molecule has 0 aromatic heterocycles. The van der Waals surface area contributed by atoms with Gasteiger partial charge < -0.3 is 20.7 Å². The third-order valence-corrected chi connectivity index (χ3v) is 4.60. The van der Waals surface area contributed by atoms with E-state index < -0.39 is 0 Å². The summed E-state index contributed by atoms with van der Waals surface area (Å²) in [6.07, 6.45) is 2.57. The summed E-state index contributed by atoms with van der Waals surface area (Å²) < 4.78 is 5.20. The highest BCUT2D eigenvalue weighted by molar-refractivity contribution is 6.30.